The van der Waals surface area contributed by atoms with Crippen molar-refractivity contribution in [1.29, 1.82) is 0 Å². The zero-order chi connectivity index (χ0) is 17.8. The highest BCUT2D eigenvalue weighted by Crippen LogP contribution is 2.48. The molecule has 0 saturated carbocycles. The van der Waals surface area contributed by atoms with E-state index in [4.69, 9.17) is 18.9 Å². The fourth-order valence-corrected chi connectivity index (χ4v) is 3.62. The third kappa shape index (κ3) is 2.67. The van der Waals surface area contributed by atoms with Crippen molar-refractivity contribution in [1.82, 2.24) is 4.90 Å². The average molecular weight is 347 g/mol. The van der Waals surface area contributed by atoms with E-state index in [1.54, 1.807) is 17.0 Å². The molecule has 4 rings (SSSR count). The Morgan fingerprint density at radius 1 is 1.28 bits per heavy atom. The van der Waals surface area contributed by atoms with Crippen molar-refractivity contribution in [2.45, 2.75) is 51.4 Å². The topological polar surface area (TPSA) is 74.3 Å². The van der Waals surface area contributed by atoms with E-state index in [1.807, 2.05) is 20.8 Å². The second-order valence-electron chi connectivity index (χ2n) is 7.47. The van der Waals surface area contributed by atoms with E-state index >= 15 is 0 Å². The van der Waals surface area contributed by atoms with Gasteiger partial charge in [0.15, 0.2) is 17.6 Å². The highest BCUT2D eigenvalue weighted by atomic mass is 16.7. The standard InChI is InChI=1S/C18H21NO6/c1-18(2,3)25-17(21)19-8-4-5-11(19)14-13-10(16(20)24-14)6-7-12-15(13)23-9-22-12/h6-7,11,14H,4-5,8-9H2,1-3H3/t11-,14?/m0/s1. The number of amides is 1. The number of fused-ring (bicyclic) bond motifs is 3. The van der Waals surface area contributed by atoms with Crippen molar-refractivity contribution in [3.05, 3.63) is 23.3 Å². The van der Waals surface area contributed by atoms with Crippen LogP contribution in [-0.4, -0.2) is 41.9 Å². The third-order valence-corrected chi connectivity index (χ3v) is 4.59. The van der Waals surface area contributed by atoms with Gasteiger partial charge in [-0.05, 0) is 45.7 Å². The lowest BCUT2D eigenvalue weighted by molar-refractivity contribution is -0.00592. The van der Waals surface area contributed by atoms with Gasteiger partial charge in [-0.3, -0.25) is 0 Å². The van der Waals surface area contributed by atoms with E-state index in [2.05, 4.69) is 0 Å². The normalized spacial score (nSPS) is 24.3. The highest BCUT2D eigenvalue weighted by molar-refractivity contribution is 5.96. The van der Waals surface area contributed by atoms with E-state index < -0.39 is 17.7 Å². The van der Waals surface area contributed by atoms with E-state index in [0.717, 1.165) is 12.8 Å². The van der Waals surface area contributed by atoms with Gasteiger partial charge in [0.05, 0.1) is 17.2 Å². The van der Waals surface area contributed by atoms with Crippen molar-refractivity contribution in [3.8, 4) is 11.5 Å². The predicted molar refractivity (Wildman–Crippen MR) is 86.7 cm³/mol. The molecule has 25 heavy (non-hydrogen) atoms. The first-order valence-corrected chi connectivity index (χ1v) is 8.48. The fraction of sp³-hybridized carbons (Fsp3) is 0.556. The van der Waals surface area contributed by atoms with Gasteiger partial charge in [-0.1, -0.05) is 0 Å². The van der Waals surface area contributed by atoms with Crippen LogP contribution in [0.25, 0.3) is 0 Å². The Morgan fingerprint density at radius 2 is 2.08 bits per heavy atom. The minimum absolute atomic E-state index is 0.118. The molecule has 0 radical (unpaired) electrons. The zero-order valence-corrected chi connectivity index (χ0v) is 14.5. The first-order chi connectivity index (χ1) is 11.8. The van der Waals surface area contributed by atoms with Gasteiger partial charge in [0, 0.05) is 6.54 Å². The number of ether oxygens (including phenoxy) is 4. The second-order valence-corrected chi connectivity index (χ2v) is 7.47. The van der Waals surface area contributed by atoms with Crippen molar-refractivity contribution < 1.29 is 28.5 Å². The summed E-state index contributed by atoms with van der Waals surface area (Å²) in [5, 5.41) is 0. The molecule has 0 spiro atoms. The van der Waals surface area contributed by atoms with Gasteiger partial charge in [-0.15, -0.1) is 0 Å². The summed E-state index contributed by atoms with van der Waals surface area (Å²) in [7, 11) is 0. The molecule has 0 aliphatic carbocycles. The average Bonchev–Trinajstić information content (AvgIpc) is 3.21. The summed E-state index contributed by atoms with van der Waals surface area (Å²) in [5.74, 6) is 0.752. The van der Waals surface area contributed by atoms with Crippen LogP contribution in [-0.2, 0) is 9.47 Å². The molecule has 1 fully saturated rings. The summed E-state index contributed by atoms with van der Waals surface area (Å²) < 4.78 is 22.1. The summed E-state index contributed by atoms with van der Waals surface area (Å²) in [6.45, 7) is 6.19. The van der Waals surface area contributed by atoms with Gasteiger partial charge in [0.2, 0.25) is 6.79 Å². The molecular weight excluding hydrogens is 326 g/mol. The molecule has 7 nitrogen and oxygen atoms in total. The Morgan fingerprint density at radius 3 is 2.84 bits per heavy atom. The Bertz CT molecular complexity index is 738. The van der Waals surface area contributed by atoms with E-state index in [1.165, 1.54) is 0 Å². The van der Waals surface area contributed by atoms with Gasteiger partial charge in [0.25, 0.3) is 0 Å². The number of likely N-dealkylation sites (tertiary alicyclic amines) is 1. The van der Waals surface area contributed by atoms with Crippen LogP contribution in [0.1, 0.15) is 55.6 Å². The molecule has 1 aromatic carbocycles. The number of rotatable bonds is 1. The molecule has 7 heteroatoms. The smallest absolute Gasteiger partial charge is 0.410 e. The number of cyclic esters (lactones) is 1. The Kier molecular flexibility index (Phi) is 3.56. The summed E-state index contributed by atoms with van der Waals surface area (Å²) in [6, 6.07) is 3.14. The molecule has 3 aliphatic rings. The van der Waals surface area contributed by atoms with Crippen LogP contribution in [0.15, 0.2) is 12.1 Å². The molecule has 3 aliphatic heterocycles. The molecule has 0 bridgehead atoms. The summed E-state index contributed by atoms with van der Waals surface area (Å²) in [6.07, 6.45) is 0.624. The molecule has 0 aromatic heterocycles. The number of carbonyl (C=O) groups excluding carboxylic acids is 2. The lowest BCUT2D eigenvalue weighted by Gasteiger charge is -2.31. The molecular formula is C18H21NO6. The lowest BCUT2D eigenvalue weighted by atomic mass is 9.97. The molecule has 134 valence electrons. The Labute approximate surface area is 145 Å². The van der Waals surface area contributed by atoms with Crippen LogP contribution in [0, 0.1) is 0 Å². The number of carbonyl (C=O) groups is 2. The Balaban J connectivity index is 1.66. The molecule has 2 atom stereocenters. The molecule has 3 heterocycles. The minimum atomic E-state index is -0.577. The van der Waals surface area contributed by atoms with Crippen LogP contribution in [0.2, 0.25) is 0 Å². The fourth-order valence-electron chi connectivity index (χ4n) is 3.62. The number of hydrogen-bond acceptors (Lipinski definition) is 6. The summed E-state index contributed by atoms with van der Waals surface area (Å²) in [4.78, 5) is 26.5. The van der Waals surface area contributed by atoms with Crippen LogP contribution in [0.5, 0.6) is 11.5 Å². The van der Waals surface area contributed by atoms with Crippen LogP contribution in [0.4, 0.5) is 4.79 Å². The van der Waals surface area contributed by atoms with Crippen molar-refractivity contribution >= 4 is 12.1 Å². The van der Waals surface area contributed by atoms with Gasteiger partial charge in [-0.2, -0.15) is 0 Å². The maximum atomic E-state index is 12.6. The van der Waals surface area contributed by atoms with Gasteiger partial charge >= 0.3 is 12.1 Å². The predicted octanol–water partition coefficient (Wildman–Crippen LogP) is 3.03. The third-order valence-electron chi connectivity index (χ3n) is 4.59. The number of esters is 1. The van der Waals surface area contributed by atoms with Gasteiger partial charge in [0.1, 0.15) is 5.60 Å². The van der Waals surface area contributed by atoms with E-state index in [-0.39, 0.29) is 18.9 Å². The largest absolute Gasteiger partial charge is 0.454 e. The molecule has 0 N–H and O–H groups in total. The monoisotopic (exact) mass is 347 g/mol. The zero-order valence-electron chi connectivity index (χ0n) is 14.5. The van der Waals surface area contributed by atoms with E-state index in [9.17, 15) is 9.59 Å². The quantitative estimate of drug-likeness (QED) is 0.727. The highest BCUT2D eigenvalue weighted by Gasteiger charge is 2.47. The summed E-state index contributed by atoms with van der Waals surface area (Å²) in [5.41, 5.74) is 0.581. The SMILES string of the molecule is CC(C)(C)OC(=O)N1CCC[C@H]1C1OC(=O)c2ccc3c(c21)OCO3. The minimum Gasteiger partial charge on any atom is -0.454 e. The number of nitrogens with zero attached hydrogens (tertiary/aromatic N) is 1. The first kappa shape index (κ1) is 16.1. The van der Waals surface area contributed by atoms with Crippen molar-refractivity contribution in [2.24, 2.45) is 0 Å². The number of benzene rings is 1. The van der Waals surface area contributed by atoms with Gasteiger partial charge < -0.3 is 23.8 Å². The van der Waals surface area contributed by atoms with Crippen LogP contribution < -0.4 is 9.47 Å². The molecule has 1 amide bonds. The van der Waals surface area contributed by atoms with Gasteiger partial charge in [-0.25, -0.2) is 9.59 Å². The first-order valence-electron chi connectivity index (χ1n) is 8.48. The molecule has 1 unspecified atom stereocenters. The van der Waals surface area contributed by atoms with Crippen molar-refractivity contribution in [2.75, 3.05) is 13.3 Å². The Hall–Kier alpha value is -2.44. The van der Waals surface area contributed by atoms with Crippen LogP contribution in [0.3, 0.4) is 0 Å². The molecule has 1 aromatic rings. The number of hydrogen-bond donors (Lipinski definition) is 0. The molecule has 1 saturated heterocycles. The van der Waals surface area contributed by atoms with Crippen LogP contribution >= 0.6 is 0 Å². The second kappa shape index (κ2) is 5.54. The van der Waals surface area contributed by atoms with E-state index in [0.29, 0.717) is 29.2 Å². The maximum Gasteiger partial charge on any atom is 0.410 e. The lowest BCUT2D eigenvalue weighted by Crippen LogP contribution is -2.42. The summed E-state index contributed by atoms with van der Waals surface area (Å²) >= 11 is 0. The van der Waals surface area contributed by atoms with Crippen molar-refractivity contribution in [3.63, 3.8) is 0 Å². The maximum absolute atomic E-state index is 12.6.